The lowest BCUT2D eigenvalue weighted by Gasteiger charge is -2.13. The van der Waals surface area contributed by atoms with Gasteiger partial charge in [0.05, 0.1) is 0 Å². The normalized spacial score (nSPS) is 11.8. The minimum atomic E-state index is 1.07. The van der Waals surface area contributed by atoms with E-state index in [2.05, 4.69) is 58.5 Å². The fourth-order valence-electron chi connectivity index (χ4n) is 3.82. The molecule has 0 aliphatic heterocycles. The van der Waals surface area contributed by atoms with Crippen LogP contribution < -0.4 is 0 Å². The summed E-state index contributed by atoms with van der Waals surface area (Å²) in [4.78, 5) is 8.95. The summed E-state index contributed by atoms with van der Waals surface area (Å²) in [6.45, 7) is 0. The predicted octanol–water partition coefficient (Wildman–Crippen LogP) is 6.83. The molecule has 0 aliphatic carbocycles. The Balaban J connectivity index is 1.70. The van der Waals surface area contributed by atoms with Crippen LogP contribution in [-0.4, -0.2) is 9.97 Å². The molecule has 0 radical (unpaired) electrons. The summed E-state index contributed by atoms with van der Waals surface area (Å²) < 4.78 is 0. The molecule has 0 unspecified atom stereocenters. The fraction of sp³-hybridized carbons (Fsp3) is 0. The zero-order chi connectivity index (χ0) is 17.1. The van der Waals surface area contributed by atoms with Crippen LogP contribution in [-0.2, 0) is 0 Å². The summed E-state index contributed by atoms with van der Waals surface area (Å²) >= 11 is 3.36. The average molecular weight is 368 g/mol. The Bertz CT molecular complexity index is 1190. The molecule has 4 aromatic carbocycles. The van der Waals surface area contributed by atoms with E-state index in [4.69, 9.17) is 0 Å². The molecule has 6 rings (SSSR count). The first kappa shape index (κ1) is 14.4. The van der Waals surface area contributed by atoms with Crippen LogP contribution >= 0.6 is 22.7 Å². The van der Waals surface area contributed by atoms with Crippen molar-refractivity contribution >= 4 is 55.0 Å². The topological polar surface area (TPSA) is 25.8 Å². The highest BCUT2D eigenvalue weighted by molar-refractivity contribution is 7.13. The van der Waals surface area contributed by atoms with E-state index in [0.717, 1.165) is 10.0 Å². The van der Waals surface area contributed by atoms with Crippen molar-refractivity contribution in [3.63, 3.8) is 0 Å². The van der Waals surface area contributed by atoms with E-state index < -0.39 is 0 Å². The number of benzene rings is 4. The minimum absolute atomic E-state index is 1.07. The molecule has 0 atom stereocenters. The number of aromatic nitrogens is 2. The standard InChI is InChI=1S/C22H12N2S2/c1-2-14-10-18(22-24-6-8-26-22)12-16-4-3-15-11-17(21-23-5-7-25-21)9-13(1)19(15)20(14)16/h1-12H. The summed E-state index contributed by atoms with van der Waals surface area (Å²) in [6.07, 6.45) is 3.73. The first-order valence-corrected chi connectivity index (χ1v) is 10.2. The van der Waals surface area contributed by atoms with Crippen molar-refractivity contribution in [1.29, 1.82) is 0 Å². The van der Waals surface area contributed by atoms with E-state index in [1.54, 1.807) is 22.7 Å². The lowest BCUT2D eigenvalue weighted by Crippen LogP contribution is -1.87. The molecule has 0 saturated carbocycles. The maximum atomic E-state index is 4.48. The molecule has 0 bridgehead atoms. The van der Waals surface area contributed by atoms with E-state index in [1.165, 1.54) is 43.4 Å². The van der Waals surface area contributed by atoms with Gasteiger partial charge in [-0.3, -0.25) is 0 Å². The molecule has 0 spiro atoms. The van der Waals surface area contributed by atoms with Gasteiger partial charge in [0.1, 0.15) is 10.0 Å². The summed E-state index contributed by atoms with van der Waals surface area (Å²) in [5, 5.41) is 14.0. The van der Waals surface area contributed by atoms with Crippen molar-refractivity contribution in [3.8, 4) is 21.1 Å². The lowest BCUT2D eigenvalue weighted by atomic mass is 9.92. The largest absolute Gasteiger partial charge is 0.245 e. The van der Waals surface area contributed by atoms with Gasteiger partial charge in [-0.1, -0.05) is 24.3 Å². The molecule has 2 nitrogen and oxygen atoms in total. The molecule has 0 saturated heterocycles. The average Bonchev–Trinajstić information content (AvgIpc) is 3.39. The van der Waals surface area contributed by atoms with Gasteiger partial charge in [0.15, 0.2) is 0 Å². The smallest absolute Gasteiger partial charge is 0.123 e. The highest BCUT2D eigenvalue weighted by Gasteiger charge is 2.13. The van der Waals surface area contributed by atoms with Crippen molar-refractivity contribution < 1.29 is 0 Å². The van der Waals surface area contributed by atoms with Crippen molar-refractivity contribution in [1.82, 2.24) is 9.97 Å². The van der Waals surface area contributed by atoms with Gasteiger partial charge >= 0.3 is 0 Å². The Hall–Kier alpha value is -2.82. The van der Waals surface area contributed by atoms with E-state index in [0.29, 0.717) is 0 Å². The zero-order valence-electron chi connectivity index (χ0n) is 13.6. The third kappa shape index (κ3) is 2.03. The second kappa shape index (κ2) is 5.34. The van der Waals surface area contributed by atoms with Gasteiger partial charge in [-0.25, -0.2) is 9.97 Å². The third-order valence-electron chi connectivity index (χ3n) is 4.89. The molecule has 4 heteroatoms. The first-order valence-electron chi connectivity index (χ1n) is 8.39. The third-order valence-corrected chi connectivity index (χ3v) is 6.54. The maximum Gasteiger partial charge on any atom is 0.123 e. The number of hydrogen-bond acceptors (Lipinski definition) is 4. The zero-order valence-corrected chi connectivity index (χ0v) is 15.3. The SMILES string of the molecule is c1csc(-c2cc3ccc4cc(-c5nccs5)cc5ccc(c2)c3c45)n1. The molecular formula is C22H12N2S2. The Kier molecular flexibility index (Phi) is 2.95. The summed E-state index contributed by atoms with van der Waals surface area (Å²) in [6, 6.07) is 18.0. The van der Waals surface area contributed by atoms with Crippen molar-refractivity contribution in [2.24, 2.45) is 0 Å². The second-order valence-electron chi connectivity index (χ2n) is 6.40. The van der Waals surface area contributed by atoms with Gasteiger partial charge in [-0.2, -0.15) is 0 Å². The summed E-state index contributed by atoms with van der Waals surface area (Å²) in [5.74, 6) is 0. The van der Waals surface area contributed by atoms with Gasteiger partial charge in [0.25, 0.3) is 0 Å². The van der Waals surface area contributed by atoms with E-state index in [1.807, 2.05) is 23.2 Å². The fourth-order valence-corrected chi connectivity index (χ4v) is 5.07. The highest BCUT2D eigenvalue weighted by atomic mass is 32.1. The molecule has 0 N–H and O–H groups in total. The van der Waals surface area contributed by atoms with Crippen molar-refractivity contribution in [2.45, 2.75) is 0 Å². The van der Waals surface area contributed by atoms with Crippen LogP contribution in [0.5, 0.6) is 0 Å². The van der Waals surface area contributed by atoms with Crippen molar-refractivity contribution in [3.05, 3.63) is 71.7 Å². The van der Waals surface area contributed by atoms with Crippen LogP contribution in [0.3, 0.4) is 0 Å². The van der Waals surface area contributed by atoms with Crippen LogP contribution in [0.1, 0.15) is 0 Å². The Morgan fingerprint density at radius 2 is 0.923 bits per heavy atom. The van der Waals surface area contributed by atoms with Gasteiger partial charge in [0, 0.05) is 34.3 Å². The van der Waals surface area contributed by atoms with E-state index >= 15 is 0 Å². The van der Waals surface area contributed by atoms with E-state index in [9.17, 15) is 0 Å². The Morgan fingerprint density at radius 1 is 0.538 bits per heavy atom. The molecule has 0 amide bonds. The molecule has 26 heavy (non-hydrogen) atoms. The molecule has 6 aromatic rings. The number of thiazole rings is 2. The molecule has 2 aromatic heterocycles. The molecule has 0 aliphatic rings. The van der Waals surface area contributed by atoms with Crippen LogP contribution in [0, 0.1) is 0 Å². The highest BCUT2D eigenvalue weighted by Crippen LogP contribution is 2.39. The van der Waals surface area contributed by atoms with Gasteiger partial charge in [-0.15, -0.1) is 22.7 Å². The predicted molar refractivity (Wildman–Crippen MR) is 112 cm³/mol. The lowest BCUT2D eigenvalue weighted by molar-refractivity contribution is 1.42. The Labute approximate surface area is 157 Å². The number of rotatable bonds is 2. The maximum absolute atomic E-state index is 4.48. The number of hydrogen-bond donors (Lipinski definition) is 0. The summed E-state index contributed by atoms with van der Waals surface area (Å²) in [5.41, 5.74) is 2.38. The molecule has 0 fully saturated rings. The van der Waals surface area contributed by atoms with Crippen LogP contribution in [0.4, 0.5) is 0 Å². The van der Waals surface area contributed by atoms with Gasteiger partial charge in [0.2, 0.25) is 0 Å². The molecule has 122 valence electrons. The van der Waals surface area contributed by atoms with Crippen LogP contribution in [0.25, 0.3) is 53.5 Å². The molecular weight excluding hydrogens is 356 g/mol. The Morgan fingerprint density at radius 3 is 1.23 bits per heavy atom. The monoisotopic (exact) mass is 368 g/mol. The molecule has 2 heterocycles. The van der Waals surface area contributed by atoms with Gasteiger partial charge < -0.3 is 0 Å². The summed E-state index contributed by atoms with van der Waals surface area (Å²) in [7, 11) is 0. The second-order valence-corrected chi connectivity index (χ2v) is 8.19. The van der Waals surface area contributed by atoms with Gasteiger partial charge in [-0.05, 0) is 56.6 Å². The first-order chi connectivity index (χ1) is 12.9. The number of nitrogens with zero attached hydrogens (tertiary/aromatic N) is 2. The van der Waals surface area contributed by atoms with Crippen molar-refractivity contribution in [2.75, 3.05) is 0 Å². The van der Waals surface area contributed by atoms with Crippen LogP contribution in [0.2, 0.25) is 0 Å². The van der Waals surface area contributed by atoms with Crippen LogP contribution in [0.15, 0.2) is 71.7 Å². The minimum Gasteiger partial charge on any atom is -0.245 e. The van der Waals surface area contributed by atoms with E-state index in [-0.39, 0.29) is 0 Å². The quantitative estimate of drug-likeness (QED) is 0.313.